The third-order valence-electron chi connectivity index (χ3n) is 3.90. The average molecular weight is 380 g/mol. The van der Waals surface area contributed by atoms with E-state index < -0.39 is 10.0 Å². The summed E-state index contributed by atoms with van der Waals surface area (Å²) in [6.07, 6.45) is 0. The number of aryl methyl sites for hydroxylation is 1. The van der Waals surface area contributed by atoms with Crippen molar-refractivity contribution >= 4 is 27.3 Å². The molecule has 6 nitrogen and oxygen atoms in total. The molecule has 1 aliphatic heterocycles. The number of carbonyl (C=O) groups excluding carboxylic acids is 1. The lowest BCUT2D eigenvalue weighted by Gasteiger charge is -2.25. The van der Waals surface area contributed by atoms with Gasteiger partial charge in [-0.25, -0.2) is 8.42 Å². The highest BCUT2D eigenvalue weighted by molar-refractivity contribution is 7.91. The van der Waals surface area contributed by atoms with Crippen molar-refractivity contribution in [3.05, 3.63) is 52.4 Å². The number of ether oxygens (including phenoxy) is 1. The zero-order valence-corrected chi connectivity index (χ0v) is 15.5. The van der Waals surface area contributed by atoms with Crippen LogP contribution in [0.15, 0.2) is 40.6 Å². The van der Waals surface area contributed by atoms with Crippen LogP contribution in [0, 0.1) is 6.92 Å². The van der Waals surface area contributed by atoms with Gasteiger partial charge in [-0.15, -0.1) is 11.3 Å². The molecule has 1 aromatic carbocycles. The van der Waals surface area contributed by atoms with Gasteiger partial charge in [0.15, 0.2) is 0 Å². The van der Waals surface area contributed by atoms with E-state index >= 15 is 0 Å². The highest BCUT2D eigenvalue weighted by atomic mass is 32.2. The molecule has 134 valence electrons. The van der Waals surface area contributed by atoms with Gasteiger partial charge >= 0.3 is 0 Å². The molecule has 2 heterocycles. The van der Waals surface area contributed by atoms with Gasteiger partial charge in [0.05, 0.1) is 19.8 Å². The summed E-state index contributed by atoms with van der Waals surface area (Å²) in [5.41, 5.74) is 1.61. The van der Waals surface area contributed by atoms with Gasteiger partial charge in [0.25, 0.3) is 15.9 Å². The molecule has 8 heteroatoms. The molecule has 1 N–H and O–H groups in total. The van der Waals surface area contributed by atoms with E-state index in [1.807, 2.05) is 25.1 Å². The lowest BCUT2D eigenvalue weighted by atomic mass is 10.1. The zero-order chi connectivity index (χ0) is 17.9. The Bertz CT molecular complexity index is 855. The van der Waals surface area contributed by atoms with Crippen molar-refractivity contribution in [2.45, 2.75) is 17.7 Å². The van der Waals surface area contributed by atoms with E-state index in [0.29, 0.717) is 42.6 Å². The van der Waals surface area contributed by atoms with Crippen molar-refractivity contribution in [1.82, 2.24) is 9.62 Å². The number of hydrogen-bond donors (Lipinski definition) is 1. The van der Waals surface area contributed by atoms with Gasteiger partial charge in [-0.05, 0) is 31.2 Å². The second-order valence-electron chi connectivity index (χ2n) is 5.79. The van der Waals surface area contributed by atoms with Gasteiger partial charge in [-0.1, -0.05) is 17.7 Å². The van der Waals surface area contributed by atoms with Crippen LogP contribution in [0.2, 0.25) is 0 Å². The minimum Gasteiger partial charge on any atom is -0.379 e. The van der Waals surface area contributed by atoms with E-state index in [4.69, 9.17) is 4.74 Å². The molecular formula is C17H20N2O4S2. The van der Waals surface area contributed by atoms with E-state index in [1.54, 1.807) is 18.2 Å². The Morgan fingerprint density at radius 2 is 2.00 bits per heavy atom. The normalized spacial score (nSPS) is 15.9. The molecule has 0 spiro atoms. The zero-order valence-electron chi connectivity index (χ0n) is 13.9. The highest BCUT2D eigenvalue weighted by Crippen LogP contribution is 2.25. The molecule has 1 aromatic heterocycles. The van der Waals surface area contributed by atoms with Crippen LogP contribution < -0.4 is 5.32 Å². The van der Waals surface area contributed by atoms with Crippen LogP contribution in [0.1, 0.15) is 20.8 Å². The number of amides is 1. The van der Waals surface area contributed by atoms with Gasteiger partial charge < -0.3 is 10.1 Å². The van der Waals surface area contributed by atoms with E-state index in [-0.39, 0.29) is 5.91 Å². The fraction of sp³-hybridized carbons (Fsp3) is 0.353. The quantitative estimate of drug-likeness (QED) is 0.861. The topological polar surface area (TPSA) is 75.7 Å². The molecule has 0 atom stereocenters. The van der Waals surface area contributed by atoms with Crippen LogP contribution in [-0.4, -0.2) is 44.9 Å². The minimum absolute atomic E-state index is 0.172. The first-order chi connectivity index (χ1) is 12.0. The van der Waals surface area contributed by atoms with Crippen LogP contribution >= 0.6 is 11.3 Å². The van der Waals surface area contributed by atoms with Crippen molar-refractivity contribution in [2.75, 3.05) is 26.3 Å². The Kier molecular flexibility index (Phi) is 5.53. The molecule has 25 heavy (non-hydrogen) atoms. The predicted molar refractivity (Wildman–Crippen MR) is 96.2 cm³/mol. The van der Waals surface area contributed by atoms with Crippen LogP contribution in [0.3, 0.4) is 0 Å². The maximum Gasteiger partial charge on any atom is 0.252 e. The molecule has 0 unspecified atom stereocenters. The first kappa shape index (κ1) is 18.1. The number of rotatable bonds is 5. The number of nitrogens with zero attached hydrogens (tertiary/aromatic N) is 1. The van der Waals surface area contributed by atoms with Crippen molar-refractivity contribution in [1.29, 1.82) is 0 Å². The molecule has 1 saturated heterocycles. The third-order valence-corrected chi connectivity index (χ3v) is 7.36. The molecule has 0 saturated carbocycles. The first-order valence-electron chi connectivity index (χ1n) is 7.98. The maximum atomic E-state index is 12.6. The maximum absolute atomic E-state index is 12.6. The third kappa shape index (κ3) is 4.27. The number of sulfonamides is 1. The molecule has 3 rings (SSSR count). The Hall–Kier alpha value is -1.74. The van der Waals surface area contributed by atoms with E-state index in [1.165, 1.54) is 15.6 Å². The summed E-state index contributed by atoms with van der Waals surface area (Å²) in [5.74, 6) is -0.172. The molecule has 0 radical (unpaired) electrons. The Labute approximate surface area is 151 Å². The van der Waals surface area contributed by atoms with Crippen molar-refractivity contribution in [2.24, 2.45) is 0 Å². The van der Waals surface area contributed by atoms with Gasteiger partial charge in [-0.2, -0.15) is 4.31 Å². The predicted octanol–water partition coefficient (Wildman–Crippen LogP) is 2.01. The summed E-state index contributed by atoms with van der Waals surface area (Å²) in [7, 11) is -3.48. The Morgan fingerprint density at radius 1 is 1.24 bits per heavy atom. The standard InChI is InChI=1S/C17H20N2O4S2/c1-13-3-2-4-14(11-13)17(20)18-12-15-5-6-16(24-15)25(21,22)19-7-9-23-10-8-19/h2-6,11H,7-10,12H2,1H3,(H,18,20). The lowest BCUT2D eigenvalue weighted by molar-refractivity contribution is 0.0731. The van der Waals surface area contributed by atoms with Crippen molar-refractivity contribution in [3.8, 4) is 0 Å². The van der Waals surface area contributed by atoms with Crippen LogP contribution in [0.25, 0.3) is 0 Å². The lowest BCUT2D eigenvalue weighted by Crippen LogP contribution is -2.40. The number of morpholine rings is 1. The van der Waals surface area contributed by atoms with Gasteiger partial charge in [-0.3, -0.25) is 4.79 Å². The van der Waals surface area contributed by atoms with E-state index in [9.17, 15) is 13.2 Å². The number of hydrogen-bond acceptors (Lipinski definition) is 5. The average Bonchev–Trinajstić information content (AvgIpc) is 3.10. The first-order valence-corrected chi connectivity index (χ1v) is 10.2. The van der Waals surface area contributed by atoms with Gasteiger partial charge in [0, 0.05) is 23.5 Å². The van der Waals surface area contributed by atoms with Crippen LogP contribution in [0.4, 0.5) is 0 Å². The van der Waals surface area contributed by atoms with Crippen LogP contribution in [0.5, 0.6) is 0 Å². The van der Waals surface area contributed by atoms with Crippen molar-refractivity contribution in [3.63, 3.8) is 0 Å². The SMILES string of the molecule is Cc1cccc(C(=O)NCc2ccc(S(=O)(=O)N3CCOCC3)s2)c1. The summed E-state index contributed by atoms with van der Waals surface area (Å²) >= 11 is 1.19. The molecule has 0 bridgehead atoms. The fourth-order valence-electron chi connectivity index (χ4n) is 2.56. The fourth-order valence-corrected chi connectivity index (χ4v) is 5.42. The molecular weight excluding hydrogens is 360 g/mol. The Morgan fingerprint density at radius 3 is 2.72 bits per heavy atom. The highest BCUT2D eigenvalue weighted by Gasteiger charge is 2.27. The monoisotopic (exact) mass is 380 g/mol. The van der Waals surface area contributed by atoms with Crippen LogP contribution in [-0.2, 0) is 21.3 Å². The summed E-state index contributed by atoms with van der Waals surface area (Å²) < 4.78 is 32.1. The van der Waals surface area contributed by atoms with Gasteiger partial charge in [0.2, 0.25) is 0 Å². The van der Waals surface area contributed by atoms with Gasteiger partial charge in [0.1, 0.15) is 4.21 Å². The number of carbonyl (C=O) groups is 1. The van der Waals surface area contributed by atoms with E-state index in [0.717, 1.165) is 10.4 Å². The minimum atomic E-state index is -3.48. The summed E-state index contributed by atoms with van der Waals surface area (Å²) in [6.45, 7) is 3.82. The second-order valence-corrected chi connectivity index (χ2v) is 9.12. The molecule has 2 aromatic rings. The molecule has 1 fully saturated rings. The summed E-state index contributed by atoms with van der Waals surface area (Å²) in [5, 5.41) is 2.83. The summed E-state index contributed by atoms with van der Waals surface area (Å²) in [4.78, 5) is 13.0. The number of benzene rings is 1. The summed E-state index contributed by atoms with van der Waals surface area (Å²) in [6, 6.07) is 10.7. The molecule has 1 amide bonds. The largest absolute Gasteiger partial charge is 0.379 e. The molecule has 0 aliphatic carbocycles. The Balaban J connectivity index is 1.64. The second kappa shape index (κ2) is 7.65. The number of nitrogens with one attached hydrogen (secondary N) is 1. The smallest absolute Gasteiger partial charge is 0.252 e. The molecule has 1 aliphatic rings. The van der Waals surface area contributed by atoms with Crippen molar-refractivity contribution < 1.29 is 17.9 Å². The van der Waals surface area contributed by atoms with E-state index in [2.05, 4.69) is 5.32 Å². The number of thiophene rings is 1.